The van der Waals surface area contributed by atoms with Gasteiger partial charge in [0.05, 0.1) is 0 Å². The van der Waals surface area contributed by atoms with E-state index in [1.165, 1.54) is 21.2 Å². The van der Waals surface area contributed by atoms with Crippen molar-refractivity contribution in [3.05, 3.63) is 69.6 Å². The molecule has 0 radical (unpaired) electrons. The number of rotatable bonds is 3. The predicted octanol–water partition coefficient (Wildman–Crippen LogP) is 5.11. The molecule has 0 fully saturated rings. The first-order chi connectivity index (χ1) is 9.65. The Balaban J connectivity index is 1.90. The molecule has 0 aliphatic rings. The molecule has 0 spiro atoms. The van der Waals surface area contributed by atoms with Gasteiger partial charge in [0.15, 0.2) is 0 Å². The second-order valence-electron chi connectivity index (χ2n) is 5.07. The Morgan fingerprint density at radius 3 is 2.80 bits per heavy atom. The second-order valence-corrected chi connectivity index (χ2v) is 6.42. The number of hydrogen-bond donors (Lipinski definition) is 1. The highest BCUT2D eigenvalue weighted by Gasteiger charge is 2.12. The van der Waals surface area contributed by atoms with E-state index >= 15 is 0 Å². The third kappa shape index (κ3) is 2.59. The van der Waals surface area contributed by atoms with Crippen molar-refractivity contribution in [2.24, 2.45) is 5.73 Å². The van der Waals surface area contributed by atoms with E-state index in [-0.39, 0.29) is 6.04 Å². The number of aryl methyl sites for hydroxylation is 1. The molecule has 2 aromatic carbocycles. The number of benzene rings is 2. The van der Waals surface area contributed by atoms with Crippen LogP contribution in [0.5, 0.6) is 0 Å². The minimum absolute atomic E-state index is 0.00488. The lowest BCUT2D eigenvalue weighted by Crippen LogP contribution is -2.14. The summed E-state index contributed by atoms with van der Waals surface area (Å²) in [5.41, 5.74) is 10.0. The Labute approximate surface area is 128 Å². The molecular weight excluding hydrogens is 286 g/mol. The monoisotopic (exact) mass is 301 g/mol. The fourth-order valence-electron chi connectivity index (χ4n) is 2.59. The Kier molecular flexibility index (Phi) is 3.79. The van der Waals surface area contributed by atoms with E-state index in [4.69, 9.17) is 17.3 Å². The van der Waals surface area contributed by atoms with E-state index in [0.717, 1.165) is 17.0 Å². The molecule has 3 rings (SSSR count). The van der Waals surface area contributed by atoms with Crippen molar-refractivity contribution >= 4 is 33.0 Å². The van der Waals surface area contributed by atoms with E-state index in [9.17, 15) is 0 Å². The zero-order valence-corrected chi connectivity index (χ0v) is 12.8. The summed E-state index contributed by atoms with van der Waals surface area (Å²) in [5.74, 6) is 0. The van der Waals surface area contributed by atoms with Crippen LogP contribution in [0.2, 0.25) is 5.02 Å². The summed E-state index contributed by atoms with van der Waals surface area (Å²) in [7, 11) is 0. The van der Waals surface area contributed by atoms with E-state index in [0.29, 0.717) is 0 Å². The largest absolute Gasteiger partial charge is 0.324 e. The SMILES string of the molecule is Cc1cc(Cl)ccc1C(N)Cc1csc2ccccc12. The summed E-state index contributed by atoms with van der Waals surface area (Å²) in [6.07, 6.45) is 0.854. The van der Waals surface area contributed by atoms with Gasteiger partial charge in [-0.2, -0.15) is 0 Å². The van der Waals surface area contributed by atoms with Crippen molar-refractivity contribution in [3.8, 4) is 0 Å². The molecule has 1 nitrogen and oxygen atoms in total. The predicted molar refractivity (Wildman–Crippen MR) is 88.6 cm³/mol. The summed E-state index contributed by atoms with van der Waals surface area (Å²) in [5, 5.41) is 4.30. The zero-order valence-electron chi connectivity index (χ0n) is 11.3. The van der Waals surface area contributed by atoms with Gasteiger partial charge in [-0.05, 0) is 59.0 Å². The molecule has 20 heavy (non-hydrogen) atoms. The molecule has 1 aromatic heterocycles. The standard InChI is InChI=1S/C17H16ClNS/c1-11-8-13(18)6-7-14(11)16(19)9-12-10-20-17-5-3-2-4-15(12)17/h2-8,10,16H,9,19H2,1H3. The summed E-state index contributed by atoms with van der Waals surface area (Å²) in [4.78, 5) is 0. The molecule has 3 heteroatoms. The number of halogens is 1. The van der Waals surface area contributed by atoms with Gasteiger partial charge >= 0.3 is 0 Å². The maximum absolute atomic E-state index is 6.39. The Hall–Kier alpha value is -1.35. The van der Waals surface area contributed by atoms with Crippen LogP contribution in [-0.2, 0) is 6.42 Å². The van der Waals surface area contributed by atoms with Gasteiger partial charge in [-0.25, -0.2) is 0 Å². The fourth-order valence-corrected chi connectivity index (χ4v) is 3.80. The van der Waals surface area contributed by atoms with Gasteiger partial charge in [-0.3, -0.25) is 0 Å². The Morgan fingerprint density at radius 1 is 1.20 bits per heavy atom. The minimum Gasteiger partial charge on any atom is -0.324 e. The summed E-state index contributed by atoms with van der Waals surface area (Å²) < 4.78 is 1.32. The fraction of sp³-hybridized carbons (Fsp3) is 0.176. The van der Waals surface area contributed by atoms with Crippen LogP contribution in [-0.4, -0.2) is 0 Å². The molecule has 3 aromatic rings. The van der Waals surface area contributed by atoms with Crippen LogP contribution in [0.15, 0.2) is 47.8 Å². The molecule has 102 valence electrons. The molecule has 0 aliphatic heterocycles. The van der Waals surface area contributed by atoms with Crippen LogP contribution >= 0.6 is 22.9 Å². The van der Waals surface area contributed by atoms with Crippen LogP contribution in [0, 0.1) is 6.92 Å². The van der Waals surface area contributed by atoms with E-state index in [2.05, 4.69) is 36.6 Å². The molecule has 2 N–H and O–H groups in total. The van der Waals surface area contributed by atoms with E-state index in [1.807, 2.05) is 18.2 Å². The minimum atomic E-state index is 0.00488. The van der Waals surface area contributed by atoms with Gasteiger partial charge in [0.1, 0.15) is 0 Å². The molecule has 0 amide bonds. The van der Waals surface area contributed by atoms with Gasteiger partial charge < -0.3 is 5.73 Å². The molecule has 1 unspecified atom stereocenters. The molecule has 1 heterocycles. The third-order valence-electron chi connectivity index (χ3n) is 3.63. The van der Waals surface area contributed by atoms with Crippen LogP contribution < -0.4 is 5.73 Å². The number of nitrogens with two attached hydrogens (primary N) is 1. The Bertz CT molecular complexity index is 748. The van der Waals surface area contributed by atoms with Crippen molar-refractivity contribution in [1.82, 2.24) is 0 Å². The topological polar surface area (TPSA) is 26.0 Å². The highest BCUT2D eigenvalue weighted by molar-refractivity contribution is 7.17. The number of hydrogen-bond acceptors (Lipinski definition) is 2. The lowest BCUT2D eigenvalue weighted by Gasteiger charge is -2.14. The van der Waals surface area contributed by atoms with Crippen molar-refractivity contribution < 1.29 is 0 Å². The molecular formula is C17H16ClNS. The van der Waals surface area contributed by atoms with Crippen LogP contribution in [0.1, 0.15) is 22.7 Å². The highest BCUT2D eigenvalue weighted by Crippen LogP contribution is 2.30. The van der Waals surface area contributed by atoms with Crippen molar-refractivity contribution in [3.63, 3.8) is 0 Å². The van der Waals surface area contributed by atoms with Gasteiger partial charge in [0, 0.05) is 15.8 Å². The molecule has 1 atom stereocenters. The summed E-state index contributed by atoms with van der Waals surface area (Å²) in [6.45, 7) is 2.06. The second kappa shape index (κ2) is 5.57. The van der Waals surface area contributed by atoms with Gasteiger partial charge in [0.25, 0.3) is 0 Å². The van der Waals surface area contributed by atoms with Crippen LogP contribution in [0.25, 0.3) is 10.1 Å². The molecule has 0 bridgehead atoms. The lowest BCUT2D eigenvalue weighted by atomic mass is 9.96. The average molecular weight is 302 g/mol. The zero-order chi connectivity index (χ0) is 14.1. The normalized spacial score (nSPS) is 12.8. The number of fused-ring (bicyclic) bond motifs is 1. The third-order valence-corrected chi connectivity index (χ3v) is 4.88. The van der Waals surface area contributed by atoms with Gasteiger partial charge in [-0.1, -0.05) is 35.9 Å². The summed E-state index contributed by atoms with van der Waals surface area (Å²) in [6, 6.07) is 14.4. The first-order valence-corrected chi connectivity index (χ1v) is 7.87. The maximum atomic E-state index is 6.39. The van der Waals surface area contributed by atoms with Crippen LogP contribution in [0.3, 0.4) is 0 Å². The quantitative estimate of drug-likeness (QED) is 0.715. The van der Waals surface area contributed by atoms with E-state index < -0.39 is 0 Å². The average Bonchev–Trinajstić information content (AvgIpc) is 2.82. The first kappa shape index (κ1) is 13.6. The van der Waals surface area contributed by atoms with E-state index in [1.54, 1.807) is 11.3 Å². The van der Waals surface area contributed by atoms with Crippen molar-refractivity contribution in [2.45, 2.75) is 19.4 Å². The van der Waals surface area contributed by atoms with Crippen molar-refractivity contribution in [2.75, 3.05) is 0 Å². The molecule has 0 saturated heterocycles. The Morgan fingerprint density at radius 2 is 2.00 bits per heavy atom. The van der Waals surface area contributed by atoms with Gasteiger partial charge in [0.2, 0.25) is 0 Å². The molecule has 0 saturated carbocycles. The molecule has 0 aliphatic carbocycles. The van der Waals surface area contributed by atoms with Crippen LogP contribution in [0.4, 0.5) is 0 Å². The van der Waals surface area contributed by atoms with Crippen molar-refractivity contribution in [1.29, 1.82) is 0 Å². The lowest BCUT2D eigenvalue weighted by molar-refractivity contribution is 0.721. The smallest absolute Gasteiger partial charge is 0.0408 e. The number of thiophene rings is 1. The maximum Gasteiger partial charge on any atom is 0.0408 e. The van der Waals surface area contributed by atoms with Gasteiger partial charge in [-0.15, -0.1) is 11.3 Å². The first-order valence-electron chi connectivity index (χ1n) is 6.62. The highest BCUT2D eigenvalue weighted by atomic mass is 35.5. The summed E-state index contributed by atoms with van der Waals surface area (Å²) >= 11 is 7.78.